The number of nitrogens with zero attached hydrogens (tertiary/aromatic N) is 2. The zero-order valence-electron chi connectivity index (χ0n) is 17.9. The summed E-state index contributed by atoms with van der Waals surface area (Å²) in [5.74, 6) is 0.562. The number of aliphatic hydroxyl groups excluding tert-OH is 1. The Morgan fingerprint density at radius 2 is 1.83 bits per heavy atom. The molecule has 158 valence electrons. The van der Waals surface area contributed by atoms with Crippen LogP contribution in [-0.4, -0.2) is 34.2 Å². The number of aromatic nitrogens is 2. The Balaban J connectivity index is 2.15. The standard InChI is InChI=1S/C24H28N2O4/c1-24(2,3)21(28)15-26-20-14-18(30-4)11-12-19(20)25-22(23(26)29)17-9-7-16(8-10-17)6-5-13-27/h7-12,14,27H,5-6,13,15H2,1-4H3. The lowest BCUT2D eigenvalue weighted by molar-refractivity contribution is -0.126. The number of aliphatic hydroxyl groups is 1. The van der Waals surface area contributed by atoms with Gasteiger partial charge in [0.1, 0.15) is 11.4 Å². The fraction of sp³-hybridized carbons (Fsp3) is 0.375. The first-order chi connectivity index (χ1) is 14.2. The molecule has 2 aromatic carbocycles. The fourth-order valence-electron chi connectivity index (χ4n) is 3.18. The van der Waals surface area contributed by atoms with E-state index in [9.17, 15) is 9.59 Å². The van der Waals surface area contributed by atoms with Gasteiger partial charge < -0.3 is 9.84 Å². The zero-order valence-corrected chi connectivity index (χ0v) is 17.9. The van der Waals surface area contributed by atoms with E-state index in [0.29, 0.717) is 34.5 Å². The van der Waals surface area contributed by atoms with E-state index in [1.54, 1.807) is 25.3 Å². The molecule has 0 aliphatic rings. The van der Waals surface area contributed by atoms with E-state index in [1.165, 1.54) is 4.57 Å². The highest BCUT2D eigenvalue weighted by atomic mass is 16.5. The predicted octanol–water partition coefficient (Wildman–Crippen LogP) is 3.61. The molecule has 0 radical (unpaired) electrons. The van der Waals surface area contributed by atoms with Gasteiger partial charge in [-0.2, -0.15) is 0 Å². The molecule has 0 aliphatic heterocycles. The van der Waals surface area contributed by atoms with Crippen LogP contribution in [0.2, 0.25) is 0 Å². The fourth-order valence-corrected chi connectivity index (χ4v) is 3.18. The molecule has 0 bridgehead atoms. The monoisotopic (exact) mass is 408 g/mol. The third-order valence-electron chi connectivity index (χ3n) is 5.14. The molecule has 0 fully saturated rings. The minimum absolute atomic E-state index is 0.0316. The van der Waals surface area contributed by atoms with Crippen molar-refractivity contribution < 1.29 is 14.6 Å². The molecular weight excluding hydrogens is 380 g/mol. The van der Waals surface area contributed by atoms with Gasteiger partial charge in [-0.15, -0.1) is 0 Å². The van der Waals surface area contributed by atoms with Crippen LogP contribution in [0.15, 0.2) is 47.3 Å². The van der Waals surface area contributed by atoms with Crippen LogP contribution in [0.4, 0.5) is 0 Å². The Labute approximate surface area is 176 Å². The number of fused-ring (bicyclic) bond motifs is 1. The van der Waals surface area contributed by atoms with E-state index in [4.69, 9.17) is 9.84 Å². The van der Waals surface area contributed by atoms with Crippen molar-refractivity contribution in [2.24, 2.45) is 5.41 Å². The van der Waals surface area contributed by atoms with Gasteiger partial charge in [0, 0.05) is 23.7 Å². The highest BCUT2D eigenvalue weighted by Gasteiger charge is 2.24. The van der Waals surface area contributed by atoms with E-state index in [0.717, 1.165) is 12.0 Å². The molecule has 0 saturated heterocycles. The molecule has 1 N–H and O–H groups in total. The van der Waals surface area contributed by atoms with Crippen molar-refractivity contribution >= 4 is 16.8 Å². The summed E-state index contributed by atoms with van der Waals surface area (Å²) < 4.78 is 6.80. The van der Waals surface area contributed by atoms with Gasteiger partial charge >= 0.3 is 0 Å². The highest BCUT2D eigenvalue weighted by Crippen LogP contribution is 2.24. The van der Waals surface area contributed by atoms with Gasteiger partial charge in [0.25, 0.3) is 5.56 Å². The molecule has 0 spiro atoms. The molecule has 0 amide bonds. The molecule has 6 heteroatoms. The molecule has 3 rings (SSSR count). The topological polar surface area (TPSA) is 81.4 Å². The Hall–Kier alpha value is -2.99. The van der Waals surface area contributed by atoms with Gasteiger partial charge in [-0.25, -0.2) is 4.98 Å². The van der Waals surface area contributed by atoms with Crippen molar-refractivity contribution in [2.75, 3.05) is 13.7 Å². The number of rotatable bonds is 7. The number of carbonyl (C=O) groups excluding carboxylic acids is 1. The maximum Gasteiger partial charge on any atom is 0.277 e. The van der Waals surface area contributed by atoms with Gasteiger partial charge in [-0.3, -0.25) is 14.2 Å². The predicted molar refractivity (Wildman–Crippen MR) is 118 cm³/mol. The zero-order chi connectivity index (χ0) is 21.9. The second-order valence-electron chi connectivity index (χ2n) is 8.40. The minimum Gasteiger partial charge on any atom is -0.497 e. The summed E-state index contributed by atoms with van der Waals surface area (Å²) in [5, 5.41) is 9.00. The van der Waals surface area contributed by atoms with Gasteiger partial charge in [0.2, 0.25) is 0 Å². The summed E-state index contributed by atoms with van der Waals surface area (Å²) in [6.45, 7) is 5.64. The Kier molecular flexibility index (Phi) is 6.37. The SMILES string of the molecule is COc1ccc2nc(-c3ccc(CCCO)cc3)c(=O)n(CC(=O)C(C)(C)C)c2c1. The quantitative estimate of drug-likeness (QED) is 0.646. The van der Waals surface area contributed by atoms with Crippen LogP contribution in [0.3, 0.4) is 0 Å². The van der Waals surface area contributed by atoms with E-state index in [-0.39, 0.29) is 24.5 Å². The lowest BCUT2D eigenvalue weighted by Gasteiger charge is -2.19. The molecule has 0 atom stereocenters. The summed E-state index contributed by atoms with van der Waals surface area (Å²) in [6.07, 6.45) is 1.46. The van der Waals surface area contributed by atoms with Crippen LogP contribution in [0.1, 0.15) is 32.8 Å². The Bertz CT molecular complexity index is 1110. The van der Waals surface area contributed by atoms with Crippen LogP contribution in [0, 0.1) is 5.41 Å². The van der Waals surface area contributed by atoms with Gasteiger partial charge in [0.15, 0.2) is 5.78 Å². The van der Waals surface area contributed by atoms with Crippen molar-refractivity contribution in [3.05, 3.63) is 58.4 Å². The van der Waals surface area contributed by atoms with E-state index >= 15 is 0 Å². The molecular formula is C24H28N2O4. The van der Waals surface area contributed by atoms with Crippen LogP contribution in [-0.2, 0) is 17.8 Å². The first-order valence-electron chi connectivity index (χ1n) is 10.1. The van der Waals surface area contributed by atoms with E-state index in [1.807, 2.05) is 45.0 Å². The first-order valence-corrected chi connectivity index (χ1v) is 10.1. The maximum absolute atomic E-state index is 13.4. The molecule has 0 saturated carbocycles. The minimum atomic E-state index is -0.567. The van der Waals surface area contributed by atoms with E-state index in [2.05, 4.69) is 4.98 Å². The van der Waals surface area contributed by atoms with Gasteiger partial charge in [-0.05, 0) is 30.5 Å². The lowest BCUT2D eigenvalue weighted by atomic mass is 9.91. The number of ketones is 1. The lowest BCUT2D eigenvalue weighted by Crippen LogP contribution is -2.32. The number of Topliss-reactive ketones (excluding diaryl/α,β-unsaturated/α-hetero) is 1. The van der Waals surface area contributed by atoms with E-state index < -0.39 is 5.41 Å². The summed E-state index contributed by atoms with van der Waals surface area (Å²) in [7, 11) is 1.56. The molecule has 1 aromatic heterocycles. The summed E-state index contributed by atoms with van der Waals surface area (Å²) in [6, 6.07) is 12.9. The Morgan fingerprint density at radius 1 is 1.13 bits per heavy atom. The average molecular weight is 408 g/mol. The molecule has 1 heterocycles. The van der Waals surface area contributed by atoms with Crippen molar-refractivity contribution in [2.45, 2.75) is 40.2 Å². The smallest absolute Gasteiger partial charge is 0.277 e. The Morgan fingerprint density at radius 3 is 2.43 bits per heavy atom. The number of aryl methyl sites for hydroxylation is 1. The van der Waals surface area contributed by atoms with Crippen LogP contribution < -0.4 is 10.3 Å². The number of methoxy groups -OCH3 is 1. The van der Waals surface area contributed by atoms with Crippen LogP contribution >= 0.6 is 0 Å². The second kappa shape index (κ2) is 8.79. The largest absolute Gasteiger partial charge is 0.497 e. The molecule has 30 heavy (non-hydrogen) atoms. The summed E-state index contributed by atoms with van der Waals surface area (Å²) in [5.41, 5.74) is 2.41. The molecule has 6 nitrogen and oxygen atoms in total. The van der Waals surface area contributed by atoms with Crippen molar-refractivity contribution in [1.29, 1.82) is 0 Å². The third kappa shape index (κ3) is 4.60. The average Bonchev–Trinajstić information content (AvgIpc) is 2.73. The number of carbonyl (C=O) groups is 1. The van der Waals surface area contributed by atoms with Crippen molar-refractivity contribution in [3.8, 4) is 17.0 Å². The summed E-state index contributed by atoms with van der Waals surface area (Å²) in [4.78, 5) is 30.7. The van der Waals surface area contributed by atoms with Crippen LogP contribution in [0.5, 0.6) is 5.75 Å². The number of benzene rings is 2. The number of hydrogen-bond acceptors (Lipinski definition) is 5. The van der Waals surface area contributed by atoms with Gasteiger partial charge in [-0.1, -0.05) is 45.0 Å². The van der Waals surface area contributed by atoms with Gasteiger partial charge in [0.05, 0.1) is 24.7 Å². The first kappa shape index (κ1) is 21.7. The second-order valence-corrected chi connectivity index (χ2v) is 8.40. The highest BCUT2D eigenvalue weighted by molar-refractivity contribution is 5.86. The molecule has 0 unspecified atom stereocenters. The molecule has 0 aliphatic carbocycles. The normalized spacial score (nSPS) is 11.6. The van der Waals surface area contributed by atoms with Crippen LogP contribution in [0.25, 0.3) is 22.3 Å². The van der Waals surface area contributed by atoms with Crippen molar-refractivity contribution in [1.82, 2.24) is 9.55 Å². The summed E-state index contributed by atoms with van der Waals surface area (Å²) >= 11 is 0. The maximum atomic E-state index is 13.4. The number of ether oxygens (including phenoxy) is 1. The number of hydrogen-bond donors (Lipinski definition) is 1. The molecule has 3 aromatic rings. The van der Waals surface area contributed by atoms with Crippen molar-refractivity contribution in [3.63, 3.8) is 0 Å². The third-order valence-corrected chi connectivity index (χ3v) is 5.14.